The van der Waals surface area contributed by atoms with E-state index in [-0.39, 0.29) is 0 Å². The number of rotatable bonds is 4. The van der Waals surface area contributed by atoms with Gasteiger partial charge < -0.3 is 4.90 Å². The third-order valence-corrected chi connectivity index (χ3v) is 4.53. The molecular formula is C18H25N3. The molecule has 0 spiro atoms. The number of likely N-dealkylation sites (tertiary alicyclic amines) is 1. The quantitative estimate of drug-likeness (QED) is 0.858. The van der Waals surface area contributed by atoms with Gasteiger partial charge in [0.25, 0.3) is 0 Å². The van der Waals surface area contributed by atoms with Crippen LogP contribution in [-0.4, -0.2) is 34.8 Å². The van der Waals surface area contributed by atoms with E-state index in [9.17, 15) is 0 Å². The minimum absolute atomic E-state index is 0.679. The molecule has 1 saturated heterocycles. The van der Waals surface area contributed by atoms with Gasteiger partial charge in [0.05, 0.1) is 5.69 Å². The van der Waals surface area contributed by atoms with Crippen LogP contribution >= 0.6 is 0 Å². The molecule has 3 rings (SSSR count). The van der Waals surface area contributed by atoms with E-state index in [4.69, 9.17) is 5.10 Å². The highest BCUT2D eigenvalue weighted by atomic mass is 15.3. The fraction of sp³-hybridized carbons (Fsp3) is 0.500. The summed E-state index contributed by atoms with van der Waals surface area (Å²) in [4.78, 5) is 2.42. The molecule has 0 atom stereocenters. The molecule has 1 aliphatic rings. The molecule has 1 aromatic heterocycles. The first kappa shape index (κ1) is 14.3. The Bertz CT molecular complexity index is 565. The first-order chi connectivity index (χ1) is 10.3. The number of hydrogen-bond donors (Lipinski definition) is 0. The molecule has 2 heterocycles. The average Bonchev–Trinajstić information content (AvgIpc) is 2.92. The topological polar surface area (TPSA) is 21.1 Å². The highest BCUT2D eigenvalue weighted by molar-refractivity contribution is 5.24. The van der Waals surface area contributed by atoms with E-state index in [0.29, 0.717) is 5.92 Å². The molecule has 0 bridgehead atoms. The van der Waals surface area contributed by atoms with Crippen LogP contribution in [0.5, 0.6) is 0 Å². The molecule has 1 aliphatic heterocycles. The number of piperidine rings is 1. The second-order valence-electron chi connectivity index (χ2n) is 6.12. The maximum atomic E-state index is 4.82. The lowest BCUT2D eigenvalue weighted by Crippen LogP contribution is -2.30. The van der Waals surface area contributed by atoms with Crippen molar-refractivity contribution < 1.29 is 0 Å². The van der Waals surface area contributed by atoms with Gasteiger partial charge in [-0.15, -0.1) is 0 Å². The van der Waals surface area contributed by atoms with E-state index in [2.05, 4.69) is 60.0 Å². The van der Waals surface area contributed by atoms with E-state index in [1.165, 1.54) is 42.9 Å². The van der Waals surface area contributed by atoms with Crippen molar-refractivity contribution in [2.45, 2.75) is 38.6 Å². The van der Waals surface area contributed by atoms with Crippen LogP contribution in [0.25, 0.3) is 0 Å². The van der Waals surface area contributed by atoms with Gasteiger partial charge in [-0.1, -0.05) is 30.3 Å². The summed E-state index contributed by atoms with van der Waals surface area (Å²) in [5.74, 6) is 0.679. The molecule has 1 fully saturated rings. The smallest absolute Gasteiger partial charge is 0.0671 e. The summed E-state index contributed by atoms with van der Waals surface area (Å²) in [5, 5.41) is 4.82. The van der Waals surface area contributed by atoms with Crippen molar-refractivity contribution in [3.8, 4) is 0 Å². The lowest BCUT2D eigenvalue weighted by Gasteiger charge is -2.29. The van der Waals surface area contributed by atoms with Crippen LogP contribution in [0.2, 0.25) is 0 Å². The summed E-state index contributed by atoms with van der Waals surface area (Å²) >= 11 is 0. The standard InChI is InChI=1S/C18H25N3/c1-3-21-18(16-9-11-20(2)12-10-16)14-17(19-21)13-15-7-5-4-6-8-15/h4-8,14,16H,3,9-13H2,1-2H3. The van der Waals surface area contributed by atoms with Crippen molar-refractivity contribution in [1.82, 2.24) is 14.7 Å². The van der Waals surface area contributed by atoms with Crippen molar-refractivity contribution >= 4 is 0 Å². The first-order valence-electron chi connectivity index (χ1n) is 8.05. The minimum atomic E-state index is 0.679. The van der Waals surface area contributed by atoms with Crippen LogP contribution in [0, 0.1) is 0 Å². The zero-order chi connectivity index (χ0) is 14.7. The Labute approximate surface area is 127 Å². The number of aromatic nitrogens is 2. The summed E-state index contributed by atoms with van der Waals surface area (Å²) < 4.78 is 2.22. The third kappa shape index (κ3) is 3.35. The number of hydrogen-bond acceptors (Lipinski definition) is 2. The van der Waals surface area contributed by atoms with Gasteiger partial charge in [0.1, 0.15) is 0 Å². The van der Waals surface area contributed by atoms with Gasteiger partial charge in [0.15, 0.2) is 0 Å². The van der Waals surface area contributed by atoms with Crippen molar-refractivity contribution in [2.75, 3.05) is 20.1 Å². The summed E-state index contributed by atoms with van der Waals surface area (Å²) in [6.45, 7) is 5.56. The molecule has 2 aromatic rings. The highest BCUT2D eigenvalue weighted by Gasteiger charge is 2.22. The maximum absolute atomic E-state index is 4.82. The number of benzene rings is 1. The van der Waals surface area contributed by atoms with Crippen molar-refractivity contribution in [2.24, 2.45) is 0 Å². The summed E-state index contributed by atoms with van der Waals surface area (Å²) in [6.07, 6.45) is 3.45. The van der Waals surface area contributed by atoms with Crippen LogP contribution < -0.4 is 0 Å². The zero-order valence-electron chi connectivity index (χ0n) is 13.1. The van der Waals surface area contributed by atoms with Crippen LogP contribution in [0.1, 0.15) is 42.6 Å². The zero-order valence-corrected chi connectivity index (χ0v) is 13.1. The normalized spacial score (nSPS) is 17.2. The Kier molecular flexibility index (Phi) is 4.39. The molecule has 0 aliphatic carbocycles. The molecule has 3 heteroatoms. The Balaban J connectivity index is 1.78. The molecule has 21 heavy (non-hydrogen) atoms. The average molecular weight is 283 g/mol. The van der Waals surface area contributed by atoms with Gasteiger partial charge in [-0.25, -0.2) is 0 Å². The van der Waals surface area contributed by atoms with Crippen molar-refractivity contribution in [3.05, 3.63) is 53.3 Å². The molecule has 0 amide bonds. The van der Waals surface area contributed by atoms with E-state index in [1.807, 2.05) is 0 Å². The molecule has 0 unspecified atom stereocenters. The minimum Gasteiger partial charge on any atom is -0.306 e. The van der Waals surface area contributed by atoms with Crippen LogP contribution in [0.4, 0.5) is 0 Å². The Morgan fingerprint density at radius 2 is 1.86 bits per heavy atom. The van der Waals surface area contributed by atoms with Gasteiger partial charge >= 0.3 is 0 Å². The highest BCUT2D eigenvalue weighted by Crippen LogP contribution is 2.28. The van der Waals surface area contributed by atoms with Gasteiger partial charge in [0.2, 0.25) is 0 Å². The molecular weight excluding hydrogens is 258 g/mol. The molecule has 0 radical (unpaired) electrons. The Hall–Kier alpha value is -1.61. The van der Waals surface area contributed by atoms with Gasteiger partial charge in [-0.05, 0) is 51.5 Å². The fourth-order valence-corrected chi connectivity index (χ4v) is 3.26. The van der Waals surface area contributed by atoms with Crippen LogP contribution in [-0.2, 0) is 13.0 Å². The van der Waals surface area contributed by atoms with Crippen LogP contribution in [0.3, 0.4) is 0 Å². The second kappa shape index (κ2) is 6.44. The van der Waals surface area contributed by atoms with Crippen LogP contribution in [0.15, 0.2) is 36.4 Å². The van der Waals surface area contributed by atoms with E-state index >= 15 is 0 Å². The second-order valence-corrected chi connectivity index (χ2v) is 6.12. The SMILES string of the molecule is CCn1nc(Cc2ccccc2)cc1C1CCN(C)CC1. The summed E-state index contributed by atoms with van der Waals surface area (Å²) in [6, 6.07) is 13.0. The van der Waals surface area contributed by atoms with Gasteiger partial charge in [-0.2, -0.15) is 5.10 Å². The van der Waals surface area contributed by atoms with E-state index in [0.717, 1.165) is 13.0 Å². The van der Waals surface area contributed by atoms with Gasteiger partial charge in [0, 0.05) is 24.6 Å². The third-order valence-electron chi connectivity index (χ3n) is 4.53. The monoisotopic (exact) mass is 283 g/mol. The molecule has 1 aromatic carbocycles. The molecule has 0 N–H and O–H groups in total. The lowest BCUT2D eigenvalue weighted by atomic mass is 9.93. The Morgan fingerprint density at radius 3 is 2.52 bits per heavy atom. The summed E-state index contributed by atoms with van der Waals surface area (Å²) in [5.41, 5.74) is 3.99. The largest absolute Gasteiger partial charge is 0.306 e. The van der Waals surface area contributed by atoms with Crippen molar-refractivity contribution in [3.63, 3.8) is 0 Å². The molecule has 112 valence electrons. The number of aryl methyl sites for hydroxylation is 1. The fourth-order valence-electron chi connectivity index (χ4n) is 3.26. The lowest BCUT2D eigenvalue weighted by molar-refractivity contribution is 0.250. The maximum Gasteiger partial charge on any atom is 0.0671 e. The van der Waals surface area contributed by atoms with E-state index < -0.39 is 0 Å². The first-order valence-corrected chi connectivity index (χ1v) is 8.05. The Morgan fingerprint density at radius 1 is 1.14 bits per heavy atom. The predicted molar refractivity (Wildman–Crippen MR) is 86.6 cm³/mol. The molecule has 0 saturated carbocycles. The predicted octanol–water partition coefficient (Wildman–Crippen LogP) is 3.30. The van der Waals surface area contributed by atoms with Gasteiger partial charge in [-0.3, -0.25) is 4.68 Å². The van der Waals surface area contributed by atoms with E-state index in [1.54, 1.807) is 0 Å². The number of nitrogens with zero attached hydrogens (tertiary/aromatic N) is 3. The molecule has 3 nitrogen and oxygen atoms in total. The summed E-state index contributed by atoms with van der Waals surface area (Å²) in [7, 11) is 2.22. The van der Waals surface area contributed by atoms with Crippen molar-refractivity contribution in [1.29, 1.82) is 0 Å².